The van der Waals surface area contributed by atoms with Gasteiger partial charge in [-0.05, 0) is 49.1 Å². The Kier molecular flexibility index (Phi) is 5.95. The van der Waals surface area contributed by atoms with Gasteiger partial charge in [0.2, 0.25) is 0 Å². The fraction of sp³-hybridized carbons (Fsp3) is 0.421. The molecule has 6 heteroatoms. The molecule has 3 heterocycles. The third-order valence-electron chi connectivity index (χ3n) is 4.40. The zero-order valence-corrected chi connectivity index (χ0v) is 14.5. The number of carbonyl (C=O) groups is 1. The van der Waals surface area contributed by atoms with Gasteiger partial charge in [-0.2, -0.15) is 0 Å². The molecule has 1 unspecified atom stereocenters. The van der Waals surface area contributed by atoms with Crippen LogP contribution in [0.3, 0.4) is 0 Å². The van der Waals surface area contributed by atoms with Gasteiger partial charge >= 0.3 is 0 Å². The smallest absolute Gasteiger partial charge is 0.252 e. The Hall–Kier alpha value is -2.47. The van der Waals surface area contributed by atoms with E-state index in [-0.39, 0.29) is 12.0 Å². The number of hydrogen-bond donors (Lipinski definition) is 1. The Balaban J connectivity index is 1.49. The SMILES string of the molecule is CN(CCc1ccncc1)c1ccc(C(=O)NCC2CCCO2)cn1. The van der Waals surface area contributed by atoms with Crippen LogP contribution < -0.4 is 10.2 Å². The second-order valence-corrected chi connectivity index (χ2v) is 6.28. The van der Waals surface area contributed by atoms with Crippen LogP contribution in [0.2, 0.25) is 0 Å². The fourth-order valence-corrected chi connectivity index (χ4v) is 2.82. The van der Waals surface area contributed by atoms with Crippen LogP contribution in [0.25, 0.3) is 0 Å². The number of anilines is 1. The third kappa shape index (κ3) is 5.00. The lowest BCUT2D eigenvalue weighted by Crippen LogP contribution is -2.31. The predicted octanol–water partition coefficient (Wildman–Crippen LogP) is 2.06. The van der Waals surface area contributed by atoms with E-state index in [4.69, 9.17) is 4.74 Å². The minimum Gasteiger partial charge on any atom is -0.376 e. The minimum absolute atomic E-state index is 0.103. The molecule has 1 saturated heterocycles. The highest BCUT2D eigenvalue weighted by molar-refractivity contribution is 5.94. The molecule has 1 fully saturated rings. The number of pyridine rings is 2. The molecule has 1 aliphatic rings. The molecule has 132 valence electrons. The highest BCUT2D eigenvalue weighted by atomic mass is 16.5. The van der Waals surface area contributed by atoms with Gasteiger partial charge in [0.1, 0.15) is 5.82 Å². The topological polar surface area (TPSA) is 67.4 Å². The first-order chi connectivity index (χ1) is 12.2. The maximum Gasteiger partial charge on any atom is 0.252 e. The van der Waals surface area contributed by atoms with Crippen LogP contribution >= 0.6 is 0 Å². The lowest BCUT2D eigenvalue weighted by atomic mass is 10.2. The number of likely N-dealkylation sites (N-methyl/N-ethyl adjacent to an activating group) is 1. The second kappa shape index (κ2) is 8.58. The molecule has 2 aromatic rings. The minimum atomic E-state index is -0.103. The van der Waals surface area contributed by atoms with E-state index in [0.29, 0.717) is 12.1 Å². The normalized spacial score (nSPS) is 16.6. The van der Waals surface area contributed by atoms with Crippen LogP contribution in [-0.4, -0.2) is 48.7 Å². The van der Waals surface area contributed by atoms with Crippen molar-refractivity contribution in [3.63, 3.8) is 0 Å². The molecule has 0 spiro atoms. The van der Waals surface area contributed by atoms with Gasteiger partial charge < -0.3 is 15.0 Å². The Labute approximate surface area is 148 Å². The van der Waals surface area contributed by atoms with E-state index in [1.54, 1.807) is 18.6 Å². The average Bonchev–Trinajstić information content (AvgIpc) is 3.19. The molecule has 25 heavy (non-hydrogen) atoms. The molecule has 2 aromatic heterocycles. The number of aromatic nitrogens is 2. The van der Waals surface area contributed by atoms with Gasteiger partial charge in [-0.25, -0.2) is 4.98 Å². The fourth-order valence-electron chi connectivity index (χ4n) is 2.82. The van der Waals surface area contributed by atoms with Crippen molar-refractivity contribution in [2.75, 3.05) is 31.6 Å². The van der Waals surface area contributed by atoms with Gasteiger partial charge in [0, 0.05) is 45.3 Å². The average molecular weight is 340 g/mol. The molecule has 0 radical (unpaired) electrons. The van der Waals surface area contributed by atoms with Gasteiger partial charge in [0.05, 0.1) is 11.7 Å². The van der Waals surface area contributed by atoms with Crippen molar-refractivity contribution in [2.24, 2.45) is 0 Å². The summed E-state index contributed by atoms with van der Waals surface area (Å²) >= 11 is 0. The van der Waals surface area contributed by atoms with E-state index in [0.717, 1.165) is 38.2 Å². The van der Waals surface area contributed by atoms with Crippen LogP contribution in [-0.2, 0) is 11.2 Å². The molecule has 1 N–H and O–H groups in total. The number of carbonyl (C=O) groups excluding carboxylic acids is 1. The second-order valence-electron chi connectivity index (χ2n) is 6.28. The van der Waals surface area contributed by atoms with E-state index in [1.807, 2.05) is 31.3 Å². The van der Waals surface area contributed by atoms with Crippen molar-refractivity contribution >= 4 is 11.7 Å². The largest absolute Gasteiger partial charge is 0.376 e. The number of rotatable bonds is 7. The van der Waals surface area contributed by atoms with Gasteiger partial charge in [0.25, 0.3) is 5.91 Å². The summed E-state index contributed by atoms with van der Waals surface area (Å²) in [4.78, 5) is 22.7. The first-order valence-electron chi connectivity index (χ1n) is 8.68. The molecule has 6 nitrogen and oxygen atoms in total. The van der Waals surface area contributed by atoms with Crippen LogP contribution in [0.1, 0.15) is 28.8 Å². The van der Waals surface area contributed by atoms with Gasteiger partial charge in [-0.1, -0.05) is 0 Å². The molecule has 0 bridgehead atoms. The first kappa shape index (κ1) is 17.4. The Bertz CT molecular complexity index is 670. The maximum atomic E-state index is 12.2. The van der Waals surface area contributed by atoms with E-state index < -0.39 is 0 Å². The Morgan fingerprint density at radius 2 is 2.16 bits per heavy atom. The first-order valence-corrected chi connectivity index (χ1v) is 8.68. The zero-order chi connectivity index (χ0) is 17.5. The van der Waals surface area contributed by atoms with Gasteiger partial charge in [-0.15, -0.1) is 0 Å². The van der Waals surface area contributed by atoms with Crippen molar-refractivity contribution < 1.29 is 9.53 Å². The standard InChI is InChI=1S/C19H24N4O2/c1-23(11-8-15-6-9-20-10-7-15)18-5-4-16(13-21-18)19(24)22-14-17-3-2-12-25-17/h4-7,9-10,13,17H,2-3,8,11-12,14H2,1H3,(H,22,24). The van der Waals surface area contributed by atoms with Crippen LogP contribution in [0, 0.1) is 0 Å². The van der Waals surface area contributed by atoms with Crippen LogP contribution in [0.15, 0.2) is 42.9 Å². The quantitative estimate of drug-likeness (QED) is 0.836. The number of nitrogens with one attached hydrogen (secondary N) is 1. The summed E-state index contributed by atoms with van der Waals surface area (Å²) in [7, 11) is 2.00. The molecule has 1 amide bonds. The van der Waals surface area contributed by atoms with Crippen LogP contribution in [0.4, 0.5) is 5.82 Å². The molecule has 1 atom stereocenters. The number of amides is 1. The van der Waals surface area contributed by atoms with E-state index in [2.05, 4.69) is 20.2 Å². The summed E-state index contributed by atoms with van der Waals surface area (Å²) in [6, 6.07) is 7.73. The number of nitrogens with zero attached hydrogens (tertiary/aromatic N) is 3. The highest BCUT2D eigenvalue weighted by Gasteiger charge is 2.16. The number of hydrogen-bond acceptors (Lipinski definition) is 5. The lowest BCUT2D eigenvalue weighted by Gasteiger charge is -2.18. The molecular formula is C19H24N4O2. The molecule has 1 aliphatic heterocycles. The Morgan fingerprint density at radius 3 is 2.84 bits per heavy atom. The third-order valence-corrected chi connectivity index (χ3v) is 4.40. The molecule has 3 rings (SSSR count). The predicted molar refractivity (Wildman–Crippen MR) is 96.8 cm³/mol. The van der Waals surface area contributed by atoms with Crippen molar-refractivity contribution in [1.29, 1.82) is 0 Å². The van der Waals surface area contributed by atoms with Gasteiger partial charge in [-0.3, -0.25) is 9.78 Å². The summed E-state index contributed by atoms with van der Waals surface area (Å²) in [5, 5.41) is 2.91. The summed E-state index contributed by atoms with van der Waals surface area (Å²) in [5.74, 6) is 0.749. The van der Waals surface area contributed by atoms with Gasteiger partial charge in [0.15, 0.2) is 0 Å². The monoisotopic (exact) mass is 340 g/mol. The summed E-state index contributed by atoms with van der Waals surface area (Å²) in [5.41, 5.74) is 1.82. The summed E-state index contributed by atoms with van der Waals surface area (Å²) < 4.78 is 5.51. The van der Waals surface area contributed by atoms with E-state index >= 15 is 0 Å². The molecule has 0 saturated carbocycles. The lowest BCUT2D eigenvalue weighted by molar-refractivity contribution is 0.0857. The van der Waals surface area contributed by atoms with E-state index in [1.165, 1.54) is 5.56 Å². The van der Waals surface area contributed by atoms with E-state index in [9.17, 15) is 4.79 Å². The summed E-state index contributed by atoms with van der Waals surface area (Å²) in [6.45, 7) is 2.20. The molecule has 0 aliphatic carbocycles. The van der Waals surface area contributed by atoms with Crippen molar-refractivity contribution in [1.82, 2.24) is 15.3 Å². The van der Waals surface area contributed by atoms with Crippen molar-refractivity contribution in [2.45, 2.75) is 25.4 Å². The highest BCUT2D eigenvalue weighted by Crippen LogP contribution is 2.12. The van der Waals surface area contributed by atoms with Crippen molar-refractivity contribution in [3.05, 3.63) is 54.0 Å². The van der Waals surface area contributed by atoms with Crippen molar-refractivity contribution in [3.8, 4) is 0 Å². The van der Waals surface area contributed by atoms with Crippen LogP contribution in [0.5, 0.6) is 0 Å². The Morgan fingerprint density at radius 1 is 1.32 bits per heavy atom. The number of ether oxygens (including phenoxy) is 1. The zero-order valence-electron chi connectivity index (χ0n) is 14.5. The summed E-state index contributed by atoms with van der Waals surface area (Å²) in [6.07, 6.45) is 8.39. The molecule has 0 aromatic carbocycles. The molecular weight excluding hydrogens is 316 g/mol. The maximum absolute atomic E-state index is 12.2.